The summed E-state index contributed by atoms with van der Waals surface area (Å²) in [6.45, 7) is 21.4. The second kappa shape index (κ2) is 24.8. The Morgan fingerprint density at radius 2 is 1.51 bits per heavy atom. The summed E-state index contributed by atoms with van der Waals surface area (Å²) in [5.74, 6) is 1.45. The molecule has 1 N–H and O–H groups in total. The molecule has 0 atom stereocenters. The minimum absolute atomic E-state index is 0.0704. The van der Waals surface area contributed by atoms with Crippen LogP contribution in [-0.4, -0.2) is 35.9 Å². The quantitative estimate of drug-likeness (QED) is 0.0499. The van der Waals surface area contributed by atoms with E-state index in [1.165, 1.54) is 63.9 Å². The lowest BCUT2D eigenvalue weighted by molar-refractivity contribution is -0.124. The molecule has 0 aromatic rings. The van der Waals surface area contributed by atoms with Gasteiger partial charge >= 0.3 is 0 Å². The third-order valence-electron chi connectivity index (χ3n) is 6.85. The molecule has 0 aromatic carbocycles. The van der Waals surface area contributed by atoms with Crippen molar-refractivity contribution in [1.82, 2.24) is 10.2 Å². The molecule has 0 aliphatic carbocycles. The Morgan fingerprint density at radius 3 is 2.07 bits per heavy atom. The van der Waals surface area contributed by atoms with Gasteiger partial charge in [-0.15, -0.1) is 11.8 Å². The number of rotatable bonds is 25. The summed E-state index contributed by atoms with van der Waals surface area (Å²) in [6, 6.07) is 0. The second-order valence-corrected chi connectivity index (χ2v) is 13.9. The molecule has 0 unspecified atom stereocenters. The van der Waals surface area contributed by atoms with Crippen LogP contribution in [0.2, 0.25) is 0 Å². The van der Waals surface area contributed by atoms with Gasteiger partial charge in [0, 0.05) is 35.5 Å². The average molecular weight is 589 g/mol. The standard InChI is InChI=1S/C36H64N2O2S/c1-9-11-13-15-17-19-26-37-29-33(24-22-28-39)38(27-20-18-16-14-12-10-2)35(40)32(5)34(25-21-23-31(3)4)41-30-36(6,7)8/h22,24-25,28-29,31,37H,5,9-21,23,26-27,30H2,1-4,6-8H3/b24-22-,33-29+,34-25-. The molecule has 0 radical (unpaired) electrons. The van der Waals surface area contributed by atoms with Crippen LogP contribution in [0, 0.1) is 11.3 Å². The summed E-state index contributed by atoms with van der Waals surface area (Å²) in [4.78, 5) is 28.2. The minimum atomic E-state index is -0.0704. The van der Waals surface area contributed by atoms with Crippen LogP contribution in [0.25, 0.3) is 0 Å². The molecular formula is C36H64N2O2S. The SMILES string of the molecule is C=C(C(=O)N(CCCCCCCC)C(/C=C\C=O)=C/NCCCCCCCC)/C(=C/CCC(C)C)SCC(C)(C)C. The van der Waals surface area contributed by atoms with Crippen LogP contribution in [0.4, 0.5) is 0 Å². The molecule has 0 bridgehead atoms. The average Bonchev–Trinajstić information content (AvgIpc) is 2.92. The number of nitrogens with zero attached hydrogens (tertiary/aromatic N) is 1. The van der Waals surface area contributed by atoms with E-state index in [0.29, 0.717) is 18.0 Å². The lowest BCUT2D eigenvalue weighted by Gasteiger charge is -2.27. The van der Waals surface area contributed by atoms with Crippen molar-refractivity contribution < 1.29 is 9.59 Å². The summed E-state index contributed by atoms with van der Waals surface area (Å²) in [6.07, 6.45) is 24.5. The van der Waals surface area contributed by atoms with E-state index < -0.39 is 0 Å². The summed E-state index contributed by atoms with van der Waals surface area (Å²) >= 11 is 1.74. The number of nitrogens with one attached hydrogen (secondary N) is 1. The van der Waals surface area contributed by atoms with E-state index in [0.717, 1.165) is 61.3 Å². The van der Waals surface area contributed by atoms with Crippen molar-refractivity contribution in [3.05, 3.63) is 47.2 Å². The van der Waals surface area contributed by atoms with E-state index in [1.807, 2.05) is 11.1 Å². The molecule has 1 amide bonds. The minimum Gasteiger partial charge on any atom is -0.389 e. The molecular weight excluding hydrogens is 524 g/mol. The highest BCUT2D eigenvalue weighted by molar-refractivity contribution is 8.03. The summed E-state index contributed by atoms with van der Waals surface area (Å²) < 4.78 is 0. The molecule has 0 aliphatic heterocycles. The fourth-order valence-electron chi connectivity index (χ4n) is 4.32. The van der Waals surface area contributed by atoms with Gasteiger partial charge in [0.05, 0.1) is 5.70 Å². The number of unbranched alkanes of at least 4 members (excludes halogenated alkanes) is 10. The van der Waals surface area contributed by atoms with Crippen LogP contribution in [0.5, 0.6) is 0 Å². The van der Waals surface area contributed by atoms with Crippen LogP contribution < -0.4 is 5.32 Å². The largest absolute Gasteiger partial charge is 0.389 e. The number of allylic oxidation sites excluding steroid dienone is 3. The molecule has 0 saturated heterocycles. The van der Waals surface area contributed by atoms with Crippen molar-refractivity contribution in [2.75, 3.05) is 18.8 Å². The fraction of sp³-hybridized carbons (Fsp3) is 0.722. The lowest BCUT2D eigenvalue weighted by atomic mass is 10.0. The topological polar surface area (TPSA) is 49.4 Å². The second-order valence-electron chi connectivity index (χ2n) is 12.9. The van der Waals surface area contributed by atoms with Gasteiger partial charge in [-0.3, -0.25) is 9.59 Å². The third kappa shape index (κ3) is 21.6. The normalized spacial score (nSPS) is 12.8. The van der Waals surface area contributed by atoms with Crippen LogP contribution in [0.1, 0.15) is 138 Å². The molecule has 5 heteroatoms. The Balaban J connectivity index is 5.87. The van der Waals surface area contributed by atoms with Gasteiger partial charge in [-0.1, -0.05) is 125 Å². The lowest BCUT2D eigenvalue weighted by Crippen LogP contribution is -2.33. The maximum absolute atomic E-state index is 14.1. The first-order valence-electron chi connectivity index (χ1n) is 16.5. The summed E-state index contributed by atoms with van der Waals surface area (Å²) in [5.41, 5.74) is 1.42. The van der Waals surface area contributed by atoms with Gasteiger partial charge in [0.15, 0.2) is 0 Å². The van der Waals surface area contributed by atoms with Crippen LogP contribution in [-0.2, 0) is 9.59 Å². The number of hydrogen-bond acceptors (Lipinski definition) is 4. The maximum Gasteiger partial charge on any atom is 0.258 e. The van der Waals surface area contributed by atoms with Crippen molar-refractivity contribution in [2.24, 2.45) is 11.3 Å². The van der Waals surface area contributed by atoms with Gasteiger partial charge in [-0.2, -0.15) is 0 Å². The van der Waals surface area contributed by atoms with Crippen LogP contribution in [0.15, 0.2) is 47.2 Å². The molecule has 0 aromatic heterocycles. The Labute approximate surface area is 259 Å². The molecule has 0 spiro atoms. The van der Waals surface area contributed by atoms with Crippen LogP contribution >= 0.6 is 11.8 Å². The van der Waals surface area contributed by atoms with E-state index in [2.05, 4.69) is 66.4 Å². The van der Waals surface area contributed by atoms with Gasteiger partial charge < -0.3 is 10.2 Å². The molecule has 0 rings (SSSR count). The smallest absolute Gasteiger partial charge is 0.258 e. The number of amides is 1. The Hall–Kier alpha value is -1.75. The van der Waals surface area contributed by atoms with Crippen molar-refractivity contribution in [3.63, 3.8) is 0 Å². The first-order valence-corrected chi connectivity index (χ1v) is 17.4. The Kier molecular flexibility index (Phi) is 23.8. The van der Waals surface area contributed by atoms with Crippen molar-refractivity contribution in [2.45, 2.75) is 138 Å². The maximum atomic E-state index is 14.1. The molecule has 41 heavy (non-hydrogen) atoms. The molecule has 0 aliphatic rings. The van der Waals surface area contributed by atoms with E-state index in [9.17, 15) is 9.59 Å². The molecule has 236 valence electrons. The summed E-state index contributed by atoms with van der Waals surface area (Å²) in [5, 5.41) is 3.43. The van der Waals surface area contributed by atoms with E-state index in [-0.39, 0.29) is 11.3 Å². The fourth-order valence-corrected chi connectivity index (χ4v) is 5.40. The van der Waals surface area contributed by atoms with Crippen molar-refractivity contribution in [3.8, 4) is 0 Å². The van der Waals surface area contributed by atoms with E-state index >= 15 is 0 Å². The number of carbonyl (C=O) groups excluding carboxylic acids is 2. The highest BCUT2D eigenvalue weighted by atomic mass is 32.2. The molecule has 4 nitrogen and oxygen atoms in total. The Bertz CT molecular complexity index is 805. The molecule has 0 heterocycles. The molecule has 0 saturated carbocycles. The zero-order valence-electron chi connectivity index (χ0n) is 27.9. The summed E-state index contributed by atoms with van der Waals surface area (Å²) in [7, 11) is 0. The van der Waals surface area contributed by atoms with Gasteiger partial charge in [0.1, 0.15) is 6.29 Å². The highest BCUT2D eigenvalue weighted by Crippen LogP contribution is 2.32. The first-order chi connectivity index (χ1) is 19.6. The highest BCUT2D eigenvalue weighted by Gasteiger charge is 2.23. The van der Waals surface area contributed by atoms with Crippen LogP contribution in [0.3, 0.4) is 0 Å². The predicted octanol–water partition coefficient (Wildman–Crippen LogP) is 10.4. The monoisotopic (exact) mass is 588 g/mol. The van der Waals surface area contributed by atoms with E-state index in [1.54, 1.807) is 17.8 Å². The Morgan fingerprint density at radius 1 is 0.927 bits per heavy atom. The third-order valence-corrected chi connectivity index (χ3v) is 8.59. The number of thioether (sulfide) groups is 1. The number of aldehydes is 1. The van der Waals surface area contributed by atoms with Gasteiger partial charge in [-0.05, 0) is 49.2 Å². The zero-order chi connectivity index (χ0) is 30.9. The molecule has 0 fully saturated rings. The van der Waals surface area contributed by atoms with Gasteiger partial charge in [0.25, 0.3) is 5.91 Å². The zero-order valence-corrected chi connectivity index (χ0v) is 28.7. The predicted molar refractivity (Wildman–Crippen MR) is 183 cm³/mol. The van der Waals surface area contributed by atoms with Crippen molar-refractivity contribution in [1.29, 1.82) is 0 Å². The number of hydrogen-bond donors (Lipinski definition) is 1. The van der Waals surface area contributed by atoms with E-state index in [4.69, 9.17) is 0 Å². The van der Waals surface area contributed by atoms with Gasteiger partial charge in [0.2, 0.25) is 0 Å². The number of carbonyl (C=O) groups is 2. The van der Waals surface area contributed by atoms with Crippen molar-refractivity contribution >= 4 is 24.0 Å². The van der Waals surface area contributed by atoms with Gasteiger partial charge in [-0.25, -0.2) is 0 Å². The first kappa shape index (κ1) is 39.2.